The fourth-order valence-corrected chi connectivity index (χ4v) is 3.17. The van der Waals surface area contributed by atoms with Crippen LogP contribution < -0.4 is 19.5 Å². The van der Waals surface area contributed by atoms with Gasteiger partial charge in [0.2, 0.25) is 5.75 Å². The number of carbonyl (C=O) groups is 1. The van der Waals surface area contributed by atoms with E-state index in [4.69, 9.17) is 18.9 Å². The van der Waals surface area contributed by atoms with Crippen LogP contribution in [0.25, 0.3) is 0 Å². The number of methoxy groups -OCH3 is 4. The Balaban J connectivity index is 2.10. The molecule has 0 bridgehead atoms. The second-order valence-corrected chi connectivity index (χ2v) is 5.57. The van der Waals surface area contributed by atoms with Gasteiger partial charge in [-0.2, -0.15) is 0 Å². The number of hydrogen-bond acceptors (Lipinski definition) is 7. The average molecular weight is 347 g/mol. The van der Waals surface area contributed by atoms with E-state index in [1.54, 1.807) is 33.7 Å². The molecule has 0 spiro atoms. The Labute approximate surface area is 145 Å². The number of imidazole rings is 1. The van der Waals surface area contributed by atoms with Gasteiger partial charge in [-0.1, -0.05) is 0 Å². The normalized spacial score (nSPS) is 19.0. The van der Waals surface area contributed by atoms with Crippen molar-refractivity contribution in [1.29, 1.82) is 0 Å². The lowest BCUT2D eigenvalue weighted by atomic mass is 9.93. The van der Waals surface area contributed by atoms with Crippen LogP contribution in [-0.2, 0) is 16.0 Å². The first-order chi connectivity index (χ1) is 12.1. The second kappa shape index (κ2) is 7.02. The maximum absolute atomic E-state index is 12.1. The number of hydrogen-bond donors (Lipinski definition) is 2. The molecule has 2 aromatic rings. The molecule has 2 heterocycles. The molecule has 0 unspecified atom stereocenters. The Morgan fingerprint density at radius 3 is 2.52 bits per heavy atom. The van der Waals surface area contributed by atoms with Gasteiger partial charge >= 0.3 is 5.97 Å². The molecule has 0 saturated carbocycles. The Morgan fingerprint density at radius 2 is 1.88 bits per heavy atom. The lowest BCUT2D eigenvalue weighted by molar-refractivity contribution is -0.143. The summed E-state index contributed by atoms with van der Waals surface area (Å²) in [5.74, 6) is 1.25. The fraction of sp³-hybridized carbons (Fsp3) is 0.412. The third kappa shape index (κ3) is 2.89. The van der Waals surface area contributed by atoms with Crippen LogP contribution in [-0.4, -0.2) is 50.4 Å². The van der Waals surface area contributed by atoms with Crippen molar-refractivity contribution in [3.05, 3.63) is 35.4 Å². The van der Waals surface area contributed by atoms with Crippen LogP contribution in [0.3, 0.4) is 0 Å². The molecule has 3 rings (SSSR count). The first kappa shape index (κ1) is 17.1. The zero-order chi connectivity index (χ0) is 18.0. The lowest BCUT2D eigenvalue weighted by Gasteiger charge is -2.30. The van der Waals surface area contributed by atoms with Gasteiger partial charge in [0.15, 0.2) is 11.5 Å². The van der Waals surface area contributed by atoms with Crippen LogP contribution in [0.2, 0.25) is 0 Å². The van der Waals surface area contributed by atoms with E-state index in [0.29, 0.717) is 23.7 Å². The second-order valence-electron chi connectivity index (χ2n) is 5.57. The zero-order valence-corrected chi connectivity index (χ0v) is 14.6. The molecule has 1 aliphatic rings. The highest BCUT2D eigenvalue weighted by Gasteiger charge is 2.36. The molecule has 1 aromatic carbocycles. The first-order valence-electron chi connectivity index (χ1n) is 7.79. The SMILES string of the molecule is COC(=O)[C@@H]1Cc2[nH]cnc2[C@@H](c2ccc(OC)c(OC)c2OC)N1. The molecule has 0 saturated heterocycles. The zero-order valence-electron chi connectivity index (χ0n) is 14.6. The molecular weight excluding hydrogens is 326 g/mol. The number of aromatic amines is 1. The summed E-state index contributed by atoms with van der Waals surface area (Å²) in [4.78, 5) is 19.6. The molecule has 0 aliphatic carbocycles. The summed E-state index contributed by atoms with van der Waals surface area (Å²) < 4.78 is 21.3. The lowest BCUT2D eigenvalue weighted by Crippen LogP contribution is -2.45. The van der Waals surface area contributed by atoms with Crippen LogP contribution in [0.15, 0.2) is 18.5 Å². The number of esters is 1. The molecular formula is C17H21N3O5. The van der Waals surface area contributed by atoms with Crippen molar-refractivity contribution < 1.29 is 23.7 Å². The van der Waals surface area contributed by atoms with E-state index in [1.807, 2.05) is 6.07 Å². The highest BCUT2D eigenvalue weighted by molar-refractivity contribution is 5.77. The number of carbonyl (C=O) groups excluding carboxylic acids is 1. The summed E-state index contributed by atoms with van der Waals surface area (Å²) >= 11 is 0. The maximum Gasteiger partial charge on any atom is 0.323 e. The van der Waals surface area contributed by atoms with Gasteiger partial charge in [0.1, 0.15) is 6.04 Å². The van der Waals surface area contributed by atoms with Crippen molar-refractivity contribution in [2.75, 3.05) is 28.4 Å². The van der Waals surface area contributed by atoms with Crippen molar-refractivity contribution in [3.63, 3.8) is 0 Å². The van der Waals surface area contributed by atoms with E-state index >= 15 is 0 Å². The van der Waals surface area contributed by atoms with E-state index in [1.165, 1.54) is 7.11 Å². The van der Waals surface area contributed by atoms with Gasteiger partial charge in [-0.05, 0) is 12.1 Å². The van der Waals surface area contributed by atoms with Crippen molar-refractivity contribution in [3.8, 4) is 17.2 Å². The van der Waals surface area contributed by atoms with E-state index in [2.05, 4.69) is 15.3 Å². The summed E-state index contributed by atoms with van der Waals surface area (Å²) in [5.41, 5.74) is 2.49. The molecule has 8 nitrogen and oxygen atoms in total. The minimum Gasteiger partial charge on any atom is -0.493 e. The summed E-state index contributed by atoms with van der Waals surface area (Å²) in [6.07, 6.45) is 2.10. The Morgan fingerprint density at radius 1 is 1.12 bits per heavy atom. The summed E-state index contributed by atoms with van der Waals surface area (Å²) in [5, 5.41) is 3.29. The predicted molar refractivity (Wildman–Crippen MR) is 89.2 cm³/mol. The molecule has 0 radical (unpaired) electrons. The Kier molecular flexibility index (Phi) is 4.80. The molecule has 2 N–H and O–H groups in total. The molecule has 1 aromatic heterocycles. The van der Waals surface area contributed by atoms with E-state index in [0.717, 1.165) is 17.0 Å². The molecule has 25 heavy (non-hydrogen) atoms. The number of rotatable bonds is 5. The largest absolute Gasteiger partial charge is 0.493 e. The summed E-state index contributed by atoms with van der Waals surface area (Å²) in [7, 11) is 6.05. The third-order valence-electron chi connectivity index (χ3n) is 4.33. The summed E-state index contributed by atoms with van der Waals surface area (Å²) in [6, 6.07) is 2.83. The number of H-pyrrole nitrogens is 1. The Bertz CT molecular complexity index is 774. The average Bonchev–Trinajstić information content (AvgIpc) is 3.13. The van der Waals surface area contributed by atoms with E-state index < -0.39 is 6.04 Å². The number of nitrogens with zero attached hydrogens (tertiary/aromatic N) is 1. The van der Waals surface area contributed by atoms with Gasteiger partial charge < -0.3 is 23.9 Å². The van der Waals surface area contributed by atoms with Gasteiger partial charge in [0.25, 0.3) is 0 Å². The number of aromatic nitrogens is 2. The number of fused-ring (bicyclic) bond motifs is 1. The van der Waals surface area contributed by atoms with Crippen LogP contribution in [0, 0.1) is 0 Å². The van der Waals surface area contributed by atoms with Gasteiger partial charge in [-0.15, -0.1) is 0 Å². The van der Waals surface area contributed by atoms with Crippen LogP contribution in [0.1, 0.15) is 23.0 Å². The quantitative estimate of drug-likeness (QED) is 0.785. The van der Waals surface area contributed by atoms with Crippen LogP contribution >= 0.6 is 0 Å². The smallest absolute Gasteiger partial charge is 0.323 e. The number of benzene rings is 1. The molecule has 0 amide bonds. The minimum atomic E-state index is -0.485. The topological polar surface area (TPSA) is 94.7 Å². The van der Waals surface area contributed by atoms with Crippen molar-refractivity contribution >= 4 is 5.97 Å². The fourth-order valence-electron chi connectivity index (χ4n) is 3.17. The minimum absolute atomic E-state index is 0.329. The van der Waals surface area contributed by atoms with Gasteiger partial charge in [0.05, 0.1) is 46.5 Å². The molecule has 134 valence electrons. The highest BCUT2D eigenvalue weighted by Crippen LogP contribution is 2.44. The molecule has 0 fully saturated rings. The first-order valence-corrected chi connectivity index (χ1v) is 7.79. The Hall–Kier alpha value is -2.74. The number of nitrogens with one attached hydrogen (secondary N) is 2. The third-order valence-corrected chi connectivity index (χ3v) is 4.33. The monoisotopic (exact) mass is 347 g/mol. The standard InChI is InChI=1S/C17H21N3O5/c1-22-12-6-5-9(15(23-2)16(12)24-3)13-14-10(18-8-19-14)7-11(20-13)17(21)25-4/h5-6,8,11,13,20H,7H2,1-4H3,(H,18,19)/t11-,13+/m0/s1. The summed E-state index contributed by atoms with van der Waals surface area (Å²) in [6.45, 7) is 0. The maximum atomic E-state index is 12.1. The number of ether oxygens (including phenoxy) is 4. The van der Waals surface area contributed by atoms with Crippen molar-refractivity contribution in [2.24, 2.45) is 0 Å². The van der Waals surface area contributed by atoms with Gasteiger partial charge in [-0.25, -0.2) is 4.98 Å². The van der Waals surface area contributed by atoms with Crippen molar-refractivity contribution in [2.45, 2.75) is 18.5 Å². The van der Waals surface area contributed by atoms with Crippen LogP contribution in [0.4, 0.5) is 0 Å². The van der Waals surface area contributed by atoms with E-state index in [-0.39, 0.29) is 12.0 Å². The van der Waals surface area contributed by atoms with E-state index in [9.17, 15) is 4.79 Å². The van der Waals surface area contributed by atoms with Crippen molar-refractivity contribution in [1.82, 2.24) is 15.3 Å². The highest BCUT2D eigenvalue weighted by atomic mass is 16.5. The predicted octanol–water partition coefficient (Wildman–Crippen LogP) is 1.21. The molecule has 8 heteroatoms. The molecule has 2 atom stereocenters. The van der Waals surface area contributed by atoms with Gasteiger partial charge in [-0.3, -0.25) is 10.1 Å². The van der Waals surface area contributed by atoms with Crippen LogP contribution in [0.5, 0.6) is 17.2 Å². The molecule has 1 aliphatic heterocycles. The van der Waals surface area contributed by atoms with Gasteiger partial charge in [0, 0.05) is 17.7 Å².